The van der Waals surface area contributed by atoms with E-state index in [4.69, 9.17) is 5.11 Å². The highest BCUT2D eigenvalue weighted by molar-refractivity contribution is 5.86. The molecule has 0 aliphatic rings. The number of nitrogens with one attached hydrogen (secondary N) is 1. The van der Waals surface area contributed by atoms with Crippen LogP contribution in [0.4, 0.5) is 0 Å². The van der Waals surface area contributed by atoms with Gasteiger partial charge in [-0.25, -0.2) is 9.78 Å². The van der Waals surface area contributed by atoms with Crippen molar-refractivity contribution in [3.63, 3.8) is 0 Å². The number of hydrogen-bond acceptors (Lipinski definition) is 3. The molecule has 6 heteroatoms. The summed E-state index contributed by atoms with van der Waals surface area (Å²) < 4.78 is 1.77. The fourth-order valence-corrected chi connectivity index (χ4v) is 1.31. The summed E-state index contributed by atoms with van der Waals surface area (Å²) >= 11 is 0. The maximum Gasteiger partial charge on any atom is 0.329 e. The predicted molar refractivity (Wildman–Crippen MR) is 61.3 cm³/mol. The SMILES string of the molecule is CCC(C)(NC(=O)CCn1ccnc1)C(=O)O. The number of aromatic nitrogens is 2. The first-order chi connectivity index (χ1) is 7.98. The molecule has 0 saturated carbocycles. The van der Waals surface area contributed by atoms with Crippen LogP contribution in [0.5, 0.6) is 0 Å². The van der Waals surface area contributed by atoms with Crippen molar-refractivity contribution in [2.75, 3.05) is 0 Å². The van der Waals surface area contributed by atoms with Crippen molar-refractivity contribution in [2.24, 2.45) is 0 Å². The van der Waals surface area contributed by atoms with Gasteiger partial charge in [0.15, 0.2) is 0 Å². The lowest BCUT2D eigenvalue weighted by Gasteiger charge is -2.24. The molecule has 2 N–H and O–H groups in total. The Morgan fingerprint density at radius 1 is 1.53 bits per heavy atom. The first-order valence-electron chi connectivity index (χ1n) is 5.48. The fraction of sp³-hybridized carbons (Fsp3) is 0.545. The number of carbonyl (C=O) groups is 2. The Balaban J connectivity index is 2.46. The minimum atomic E-state index is -1.19. The van der Waals surface area contributed by atoms with Crippen molar-refractivity contribution in [1.29, 1.82) is 0 Å². The van der Waals surface area contributed by atoms with E-state index in [0.29, 0.717) is 13.0 Å². The van der Waals surface area contributed by atoms with E-state index in [0.717, 1.165) is 0 Å². The van der Waals surface area contributed by atoms with Gasteiger partial charge in [0, 0.05) is 25.4 Å². The predicted octanol–water partition coefficient (Wildman–Crippen LogP) is 0.643. The lowest BCUT2D eigenvalue weighted by atomic mass is 9.99. The zero-order chi connectivity index (χ0) is 12.9. The molecule has 0 saturated heterocycles. The van der Waals surface area contributed by atoms with Crippen LogP contribution in [-0.2, 0) is 16.1 Å². The molecular weight excluding hydrogens is 222 g/mol. The molecule has 0 aliphatic carbocycles. The zero-order valence-electron chi connectivity index (χ0n) is 10.0. The van der Waals surface area contributed by atoms with E-state index in [1.807, 2.05) is 0 Å². The topological polar surface area (TPSA) is 84.2 Å². The number of aliphatic carboxylic acids is 1. The second-order valence-electron chi connectivity index (χ2n) is 4.09. The molecule has 1 unspecified atom stereocenters. The molecule has 0 radical (unpaired) electrons. The van der Waals surface area contributed by atoms with Crippen LogP contribution >= 0.6 is 0 Å². The minimum Gasteiger partial charge on any atom is -0.480 e. The fourth-order valence-electron chi connectivity index (χ4n) is 1.31. The van der Waals surface area contributed by atoms with E-state index < -0.39 is 11.5 Å². The van der Waals surface area contributed by atoms with E-state index in [1.54, 1.807) is 30.2 Å². The number of aryl methyl sites for hydroxylation is 1. The maximum absolute atomic E-state index is 11.6. The van der Waals surface area contributed by atoms with Gasteiger partial charge >= 0.3 is 5.97 Å². The molecule has 6 nitrogen and oxygen atoms in total. The number of carboxylic acids is 1. The Morgan fingerprint density at radius 2 is 2.24 bits per heavy atom. The zero-order valence-corrected chi connectivity index (χ0v) is 10.0. The van der Waals surface area contributed by atoms with Crippen molar-refractivity contribution in [3.05, 3.63) is 18.7 Å². The van der Waals surface area contributed by atoms with Crippen molar-refractivity contribution >= 4 is 11.9 Å². The molecule has 1 aromatic rings. The van der Waals surface area contributed by atoms with E-state index >= 15 is 0 Å². The third-order valence-electron chi connectivity index (χ3n) is 2.75. The average molecular weight is 239 g/mol. The largest absolute Gasteiger partial charge is 0.480 e. The van der Waals surface area contributed by atoms with Crippen LogP contribution in [0.15, 0.2) is 18.7 Å². The van der Waals surface area contributed by atoms with Gasteiger partial charge < -0.3 is 15.0 Å². The smallest absolute Gasteiger partial charge is 0.329 e. The second kappa shape index (κ2) is 5.47. The van der Waals surface area contributed by atoms with Gasteiger partial charge in [-0.1, -0.05) is 6.92 Å². The highest BCUT2D eigenvalue weighted by Gasteiger charge is 2.32. The molecule has 0 aromatic carbocycles. The van der Waals surface area contributed by atoms with Crippen LogP contribution in [0.2, 0.25) is 0 Å². The minimum absolute atomic E-state index is 0.235. The maximum atomic E-state index is 11.6. The third kappa shape index (κ3) is 3.58. The number of carboxylic acid groups (broad SMARTS) is 1. The van der Waals surface area contributed by atoms with Gasteiger partial charge in [-0.05, 0) is 13.3 Å². The van der Waals surface area contributed by atoms with Gasteiger partial charge in [-0.2, -0.15) is 0 Å². The summed E-state index contributed by atoms with van der Waals surface area (Å²) in [4.78, 5) is 26.5. The molecule has 1 rings (SSSR count). The molecule has 0 spiro atoms. The number of nitrogens with zero attached hydrogens (tertiary/aromatic N) is 2. The number of imidazole rings is 1. The Labute approximate surface area is 99.7 Å². The molecule has 17 heavy (non-hydrogen) atoms. The number of amides is 1. The summed E-state index contributed by atoms with van der Waals surface area (Å²) in [5.41, 5.74) is -1.19. The molecule has 0 fully saturated rings. The van der Waals surface area contributed by atoms with Crippen LogP contribution in [0, 0.1) is 0 Å². The summed E-state index contributed by atoms with van der Waals surface area (Å²) in [6.45, 7) is 3.72. The second-order valence-corrected chi connectivity index (χ2v) is 4.09. The Kier molecular flexibility index (Phi) is 4.25. The number of rotatable bonds is 6. The van der Waals surface area contributed by atoms with Crippen molar-refractivity contribution in [2.45, 2.75) is 38.8 Å². The summed E-state index contributed by atoms with van der Waals surface area (Å²) in [6.07, 6.45) is 5.58. The average Bonchev–Trinajstić information content (AvgIpc) is 2.78. The van der Waals surface area contributed by atoms with E-state index in [9.17, 15) is 9.59 Å². The molecule has 1 aromatic heterocycles. The highest BCUT2D eigenvalue weighted by atomic mass is 16.4. The Hall–Kier alpha value is -1.85. The lowest BCUT2D eigenvalue weighted by molar-refractivity contribution is -0.147. The molecule has 1 heterocycles. The van der Waals surface area contributed by atoms with Gasteiger partial charge in [0.25, 0.3) is 0 Å². The lowest BCUT2D eigenvalue weighted by Crippen LogP contribution is -2.51. The molecule has 94 valence electrons. The first-order valence-corrected chi connectivity index (χ1v) is 5.48. The van der Waals surface area contributed by atoms with Crippen molar-refractivity contribution < 1.29 is 14.7 Å². The van der Waals surface area contributed by atoms with E-state index in [-0.39, 0.29) is 12.3 Å². The van der Waals surface area contributed by atoms with Gasteiger partial charge in [0.05, 0.1) is 6.33 Å². The van der Waals surface area contributed by atoms with Gasteiger partial charge in [0.2, 0.25) is 5.91 Å². The van der Waals surface area contributed by atoms with Crippen molar-refractivity contribution in [1.82, 2.24) is 14.9 Å². The van der Waals surface area contributed by atoms with Crippen LogP contribution in [-0.4, -0.2) is 32.1 Å². The number of hydrogen-bond donors (Lipinski definition) is 2. The van der Waals surface area contributed by atoms with Gasteiger partial charge in [0.1, 0.15) is 5.54 Å². The summed E-state index contributed by atoms with van der Waals surface area (Å²) in [7, 11) is 0. The van der Waals surface area contributed by atoms with Crippen LogP contribution < -0.4 is 5.32 Å². The van der Waals surface area contributed by atoms with Gasteiger partial charge in [-0.15, -0.1) is 0 Å². The summed E-state index contributed by atoms with van der Waals surface area (Å²) in [5, 5.41) is 11.5. The normalized spacial score (nSPS) is 14.0. The first kappa shape index (κ1) is 13.2. The summed E-state index contributed by atoms with van der Waals surface area (Å²) in [5.74, 6) is -1.29. The monoisotopic (exact) mass is 239 g/mol. The molecular formula is C11H17N3O3. The van der Waals surface area contributed by atoms with E-state index in [1.165, 1.54) is 6.92 Å². The van der Waals surface area contributed by atoms with Crippen LogP contribution in [0.25, 0.3) is 0 Å². The van der Waals surface area contributed by atoms with Crippen LogP contribution in [0.1, 0.15) is 26.7 Å². The Bertz CT molecular complexity index is 389. The molecule has 1 atom stereocenters. The standard InChI is InChI=1S/C11H17N3O3/c1-3-11(2,10(16)17)13-9(15)4-6-14-7-5-12-8-14/h5,7-8H,3-4,6H2,1-2H3,(H,13,15)(H,16,17). The molecule has 0 bridgehead atoms. The molecule has 1 amide bonds. The Morgan fingerprint density at radius 3 is 2.71 bits per heavy atom. The quantitative estimate of drug-likeness (QED) is 0.763. The van der Waals surface area contributed by atoms with Crippen LogP contribution in [0.3, 0.4) is 0 Å². The molecule has 0 aliphatic heterocycles. The highest BCUT2D eigenvalue weighted by Crippen LogP contribution is 2.09. The van der Waals surface area contributed by atoms with Gasteiger partial charge in [-0.3, -0.25) is 4.79 Å². The van der Waals surface area contributed by atoms with E-state index in [2.05, 4.69) is 10.3 Å². The third-order valence-corrected chi connectivity index (χ3v) is 2.75. The number of carbonyl (C=O) groups excluding carboxylic acids is 1. The van der Waals surface area contributed by atoms with Crippen molar-refractivity contribution in [3.8, 4) is 0 Å². The summed E-state index contributed by atoms with van der Waals surface area (Å²) in [6, 6.07) is 0.